The number of carbonyl (C=O) groups is 2. The van der Waals surface area contributed by atoms with Gasteiger partial charge in [-0.15, -0.1) is 0 Å². The van der Waals surface area contributed by atoms with E-state index in [2.05, 4.69) is 34.6 Å². The number of hydrogen-bond acceptors (Lipinski definition) is 4. The van der Waals surface area contributed by atoms with Crippen molar-refractivity contribution in [2.45, 2.75) is 19.9 Å². The smallest absolute Gasteiger partial charge is 0.245 e. The number of amides is 2. The van der Waals surface area contributed by atoms with Crippen LogP contribution in [0.25, 0.3) is 5.70 Å². The van der Waals surface area contributed by atoms with Crippen LogP contribution in [0.1, 0.15) is 23.1 Å². The van der Waals surface area contributed by atoms with Crippen molar-refractivity contribution in [1.29, 1.82) is 0 Å². The number of benzene rings is 2. The van der Waals surface area contributed by atoms with E-state index in [0.717, 1.165) is 30.9 Å². The van der Waals surface area contributed by atoms with Crippen molar-refractivity contribution >= 4 is 17.5 Å². The minimum absolute atomic E-state index is 0.0135. The summed E-state index contributed by atoms with van der Waals surface area (Å²) in [6, 6.07) is 18.5. The van der Waals surface area contributed by atoms with E-state index in [1.54, 1.807) is 0 Å². The highest BCUT2D eigenvalue weighted by atomic mass is 16.2. The summed E-state index contributed by atoms with van der Waals surface area (Å²) in [4.78, 5) is 29.4. The predicted octanol–water partition coefficient (Wildman–Crippen LogP) is 2.42. The molecule has 6 heteroatoms. The summed E-state index contributed by atoms with van der Waals surface area (Å²) >= 11 is 0. The molecule has 2 aromatic carbocycles. The molecule has 2 heterocycles. The first-order chi connectivity index (χ1) is 14.6. The molecule has 6 nitrogen and oxygen atoms in total. The molecule has 2 aliphatic heterocycles. The largest absolute Gasteiger partial charge is 0.339 e. The van der Waals surface area contributed by atoms with Gasteiger partial charge in [-0.05, 0) is 24.1 Å². The molecule has 0 unspecified atom stereocenters. The lowest BCUT2D eigenvalue weighted by atomic mass is 10.1. The molecule has 2 aliphatic rings. The Bertz CT molecular complexity index is 916. The molecule has 1 saturated heterocycles. The number of carbonyl (C=O) groups excluding carboxylic acids is 2. The van der Waals surface area contributed by atoms with E-state index >= 15 is 0 Å². The summed E-state index contributed by atoms with van der Waals surface area (Å²) in [5.41, 5.74) is 7.49. The Kier molecular flexibility index (Phi) is 6.14. The SMILES string of the molecule is Cc1ccc(C2=CCC(=O)N(CC(=O)N3CCN(Cc4ccccc4)CC3)N2)cc1. The summed E-state index contributed by atoms with van der Waals surface area (Å²) in [6.45, 7) is 6.07. The maximum Gasteiger partial charge on any atom is 0.245 e. The van der Waals surface area contributed by atoms with E-state index in [-0.39, 0.29) is 18.4 Å². The number of nitrogens with one attached hydrogen (secondary N) is 1. The molecule has 0 saturated carbocycles. The zero-order valence-corrected chi connectivity index (χ0v) is 17.4. The maximum absolute atomic E-state index is 12.8. The molecule has 0 aliphatic carbocycles. The Morgan fingerprint density at radius 2 is 1.67 bits per heavy atom. The zero-order chi connectivity index (χ0) is 20.9. The van der Waals surface area contributed by atoms with Gasteiger partial charge in [-0.2, -0.15) is 0 Å². The van der Waals surface area contributed by atoms with Crippen LogP contribution in [-0.2, 0) is 16.1 Å². The quantitative estimate of drug-likeness (QED) is 0.832. The lowest BCUT2D eigenvalue weighted by Gasteiger charge is -2.36. The summed E-state index contributed by atoms with van der Waals surface area (Å²) in [6.07, 6.45) is 2.19. The first-order valence-electron chi connectivity index (χ1n) is 10.5. The lowest BCUT2D eigenvalue weighted by molar-refractivity contribution is -0.143. The number of aryl methyl sites for hydroxylation is 1. The van der Waals surface area contributed by atoms with Crippen molar-refractivity contribution < 1.29 is 9.59 Å². The van der Waals surface area contributed by atoms with Gasteiger partial charge in [-0.3, -0.25) is 19.9 Å². The van der Waals surface area contributed by atoms with Gasteiger partial charge in [0.2, 0.25) is 11.8 Å². The molecule has 30 heavy (non-hydrogen) atoms. The Morgan fingerprint density at radius 3 is 2.37 bits per heavy atom. The summed E-state index contributed by atoms with van der Waals surface area (Å²) < 4.78 is 0. The number of piperazine rings is 1. The van der Waals surface area contributed by atoms with E-state index in [9.17, 15) is 9.59 Å². The third kappa shape index (κ3) is 4.89. The Balaban J connectivity index is 1.30. The number of nitrogens with zero attached hydrogens (tertiary/aromatic N) is 3. The van der Waals surface area contributed by atoms with Gasteiger partial charge in [0.25, 0.3) is 0 Å². The van der Waals surface area contributed by atoms with Crippen LogP contribution in [0.3, 0.4) is 0 Å². The van der Waals surface area contributed by atoms with Crippen LogP contribution < -0.4 is 5.43 Å². The second kappa shape index (κ2) is 9.13. The highest BCUT2D eigenvalue weighted by molar-refractivity contribution is 5.88. The number of hydrogen-bond donors (Lipinski definition) is 1. The summed E-state index contributed by atoms with van der Waals surface area (Å²) in [5.74, 6) is -0.0951. The standard InChI is InChI=1S/C24H28N4O2/c1-19-7-9-21(10-8-19)22-11-12-23(29)28(25-22)18-24(30)27-15-13-26(14-16-27)17-20-5-3-2-4-6-20/h2-11,25H,12-18H2,1H3. The summed E-state index contributed by atoms with van der Waals surface area (Å²) in [5, 5.41) is 1.45. The van der Waals surface area contributed by atoms with Gasteiger partial charge in [0.1, 0.15) is 6.54 Å². The van der Waals surface area contributed by atoms with Gasteiger partial charge in [-0.1, -0.05) is 60.2 Å². The van der Waals surface area contributed by atoms with Gasteiger partial charge >= 0.3 is 0 Å². The molecule has 0 spiro atoms. The van der Waals surface area contributed by atoms with Crippen LogP contribution in [0, 0.1) is 6.92 Å². The molecule has 2 amide bonds. The minimum Gasteiger partial charge on any atom is -0.339 e. The van der Waals surface area contributed by atoms with Crippen LogP contribution in [0.15, 0.2) is 60.7 Å². The van der Waals surface area contributed by atoms with E-state index in [0.29, 0.717) is 19.5 Å². The average Bonchev–Trinajstić information content (AvgIpc) is 2.77. The predicted molar refractivity (Wildman–Crippen MR) is 117 cm³/mol. The molecule has 2 aromatic rings. The van der Waals surface area contributed by atoms with Crippen LogP contribution >= 0.6 is 0 Å². The molecular formula is C24H28N4O2. The van der Waals surface area contributed by atoms with E-state index in [1.165, 1.54) is 16.1 Å². The van der Waals surface area contributed by atoms with Gasteiger partial charge in [0, 0.05) is 39.1 Å². The Hall–Kier alpha value is -3.12. The Labute approximate surface area is 177 Å². The van der Waals surface area contributed by atoms with Crippen molar-refractivity contribution in [3.05, 3.63) is 77.4 Å². The zero-order valence-electron chi connectivity index (χ0n) is 17.4. The molecule has 1 fully saturated rings. The first kappa shape index (κ1) is 20.2. The third-order valence-corrected chi connectivity index (χ3v) is 5.67. The average molecular weight is 405 g/mol. The third-order valence-electron chi connectivity index (χ3n) is 5.67. The van der Waals surface area contributed by atoms with Crippen molar-refractivity contribution in [2.24, 2.45) is 0 Å². The highest BCUT2D eigenvalue weighted by Crippen LogP contribution is 2.18. The minimum atomic E-state index is -0.0816. The van der Waals surface area contributed by atoms with Crippen molar-refractivity contribution in [3.8, 4) is 0 Å². The lowest BCUT2D eigenvalue weighted by Crippen LogP contribution is -2.54. The van der Waals surface area contributed by atoms with Crippen molar-refractivity contribution in [1.82, 2.24) is 20.2 Å². The second-order valence-corrected chi connectivity index (χ2v) is 7.92. The van der Waals surface area contributed by atoms with Crippen LogP contribution in [-0.4, -0.2) is 59.3 Å². The number of rotatable bonds is 5. The van der Waals surface area contributed by atoms with Crippen molar-refractivity contribution in [2.75, 3.05) is 32.7 Å². The normalized spacial score (nSPS) is 17.5. The van der Waals surface area contributed by atoms with Gasteiger partial charge in [0.05, 0.1) is 5.70 Å². The van der Waals surface area contributed by atoms with E-state index < -0.39 is 0 Å². The fourth-order valence-corrected chi connectivity index (χ4v) is 3.83. The van der Waals surface area contributed by atoms with Gasteiger partial charge in [0.15, 0.2) is 0 Å². The van der Waals surface area contributed by atoms with E-state index in [4.69, 9.17) is 0 Å². The van der Waals surface area contributed by atoms with Crippen LogP contribution in [0.2, 0.25) is 0 Å². The topological polar surface area (TPSA) is 55.9 Å². The fourth-order valence-electron chi connectivity index (χ4n) is 3.83. The van der Waals surface area contributed by atoms with Crippen molar-refractivity contribution in [3.63, 3.8) is 0 Å². The molecule has 4 rings (SSSR count). The van der Waals surface area contributed by atoms with Crippen LogP contribution in [0.5, 0.6) is 0 Å². The van der Waals surface area contributed by atoms with Gasteiger partial charge in [-0.25, -0.2) is 5.01 Å². The fraction of sp³-hybridized carbons (Fsp3) is 0.333. The molecule has 0 atom stereocenters. The summed E-state index contributed by atoms with van der Waals surface area (Å²) in [7, 11) is 0. The molecule has 1 N–H and O–H groups in total. The molecule has 0 bridgehead atoms. The monoisotopic (exact) mass is 404 g/mol. The molecular weight excluding hydrogens is 376 g/mol. The Morgan fingerprint density at radius 1 is 0.967 bits per heavy atom. The molecule has 156 valence electrons. The first-order valence-corrected chi connectivity index (χ1v) is 10.5. The molecule has 0 aromatic heterocycles. The second-order valence-electron chi connectivity index (χ2n) is 7.92. The van der Waals surface area contributed by atoms with E-state index in [1.807, 2.05) is 48.2 Å². The maximum atomic E-state index is 12.8. The number of hydrazine groups is 1. The molecule has 0 radical (unpaired) electrons. The highest BCUT2D eigenvalue weighted by Gasteiger charge is 2.26. The van der Waals surface area contributed by atoms with Crippen LogP contribution in [0.4, 0.5) is 0 Å². The van der Waals surface area contributed by atoms with Gasteiger partial charge < -0.3 is 4.90 Å².